The fraction of sp³-hybridized carbons (Fsp3) is 0.917. The molecule has 3 nitrogen and oxygen atoms in total. The second-order valence-electron chi connectivity index (χ2n) is 5.19. The van der Waals surface area contributed by atoms with Gasteiger partial charge in [-0.3, -0.25) is 4.79 Å². The van der Waals surface area contributed by atoms with Gasteiger partial charge in [0.25, 0.3) is 0 Å². The number of aliphatic hydroxyl groups is 1. The molecule has 124 valence electrons. The predicted octanol–water partition coefficient (Wildman–Crippen LogP) is 2.74. The van der Waals surface area contributed by atoms with Crippen LogP contribution in [0.2, 0.25) is 0 Å². The van der Waals surface area contributed by atoms with Gasteiger partial charge in [0.15, 0.2) is 0 Å². The Morgan fingerprint density at radius 3 is 1.95 bits per heavy atom. The van der Waals surface area contributed by atoms with Crippen LogP contribution < -0.4 is 0 Å². The molecule has 0 unspecified atom stereocenters. The SMILES string of the molecule is O=C(C1CCC(C(F)(F)F)CC1)N(CCO)CC(F)(F)F. The zero-order chi connectivity index (χ0) is 16.3. The molecule has 0 aromatic rings. The number of halogens is 6. The Balaban J connectivity index is 2.61. The van der Waals surface area contributed by atoms with Crippen LogP contribution in [-0.4, -0.2) is 48.0 Å². The van der Waals surface area contributed by atoms with Gasteiger partial charge in [-0.25, -0.2) is 0 Å². The first-order valence-electron chi connectivity index (χ1n) is 6.57. The summed E-state index contributed by atoms with van der Waals surface area (Å²) in [6.45, 7) is -2.59. The van der Waals surface area contributed by atoms with E-state index in [1.165, 1.54) is 0 Å². The summed E-state index contributed by atoms with van der Waals surface area (Å²) in [5.74, 6) is -3.16. The van der Waals surface area contributed by atoms with Crippen LogP contribution in [0.3, 0.4) is 0 Å². The second-order valence-corrected chi connectivity index (χ2v) is 5.19. The molecule has 1 fully saturated rings. The highest BCUT2D eigenvalue weighted by molar-refractivity contribution is 5.79. The number of aliphatic hydroxyl groups excluding tert-OH is 1. The third kappa shape index (κ3) is 5.72. The standard InChI is InChI=1S/C12H17F6NO2/c13-11(14,15)7-19(5-6-20)10(21)8-1-3-9(4-2-8)12(16,17)18/h8-9,20H,1-7H2. The molecule has 1 aliphatic rings. The molecular formula is C12H17F6NO2. The van der Waals surface area contributed by atoms with E-state index in [1.54, 1.807) is 0 Å². The first-order valence-corrected chi connectivity index (χ1v) is 6.57. The van der Waals surface area contributed by atoms with E-state index in [2.05, 4.69) is 0 Å². The zero-order valence-electron chi connectivity index (χ0n) is 11.2. The van der Waals surface area contributed by atoms with Crippen molar-refractivity contribution in [3.05, 3.63) is 0 Å². The second kappa shape index (κ2) is 6.85. The van der Waals surface area contributed by atoms with Gasteiger partial charge >= 0.3 is 12.4 Å². The lowest BCUT2D eigenvalue weighted by molar-refractivity contribution is -0.186. The molecule has 0 saturated heterocycles. The van der Waals surface area contributed by atoms with Gasteiger partial charge in [0, 0.05) is 12.5 Å². The van der Waals surface area contributed by atoms with Gasteiger partial charge in [0.1, 0.15) is 6.54 Å². The van der Waals surface area contributed by atoms with E-state index in [4.69, 9.17) is 5.11 Å². The molecule has 1 aliphatic carbocycles. The Bertz CT molecular complexity index is 347. The highest BCUT2D eigenvalue weighted by Gasteiger charge is 2.43. The van der Waals surface area contributed by atoms with Crippen molar-refractivity contribution in [2.24, 2.45) is 11.8 Å². The van der Waals surface area contributed by atoms with E-state index in [0.29, 0.717) is 4.90 Å². The number of hydrogen-bond acceptors (Lipinski definition) is 2. The molecule has 1 N–H and O–H groups in total. The molecule has 0 aliphatic heterocycles. The van der Waals surface area contributed by atoms with Crippen LogP contribution in [0.25, 0.3) is 0 Å². The normalized spacial score (nSPS) is 24.0. The third-order valence-corrected chi connectivity index (χ3v) is 3.59. The van der Waals surface area contributed by atoms with E-state index in [9.17, 15) is 31.1 Å². The molecule has 0 spiro atoms. The number of amides is 1. The maximum atomic E-state index is 12.5. The van der Waals surface area contributed by atoms with Crippen LogP contribution >= 0.6 is 0 Å². The van der Waals surface area contributed by atoms with Gasteiger partial charge in [-0.15, -0.1) is 0 Å². The Morgan fingerprint density at radius 1 is 1.05 bits per heavy atom. The van der Waals surface area contributed by atoms with Crippen molar-refractivity contribution in [2.75, 3.05) is 19.7 Å². The molecule has 0 aromatic carbocycles. The minimum Gasteiger partial charge on any atom is -0.395 e. The van der Waals surface area contributed by atoms with E-state index in [0.717, 1.165) is 0 Å². The molecule has 0 atom stereocenters. The Labute approximate surface area is 117 Å². The summed E-state index contributed by atoms with van der Waals surface area (Å²) >= 11 is 0. The summed E-state index contributed by atoms with van der Waals surface area (Å²) in [5.41, 5.74) is 0. The average molecular weight is 321 g/mol. The lowest BCUT2D eigenvalue weighted by Gasteiger charge is -2.33. The molecule has 1 amide bonds. The van der Waals surface area contributed by atoms with E-state index in [-0.39, 0.29) is 25.7 Å². The van der Waals surface area contributed by atoms with Crippen molar-refractivity contribution in [3.8, 4) is 0 Å². The van der Waals surface area contributed by atoms with Gasteiger partial charge < -0.3 is 10.0 Å². The first-order chi connectivity index (χ1) is 9.54. The van der Waals surface area contributed by atoms with Crippen molar-refractivity contribution in [1.29, 1.82) is 0 Å². The van der Waals surface area contributed by atoms with Gasteiger partial charge in [-0.05, 0) is 25.7 Å². The monoisotopic (exact) mass is 321 g/mol. The molecule has 0 bridgehead atoms. The summed E-state index contributed by atoms with van der Waals surface area (Å²) in [4.78, 5) is 12.4. The summed E-state index contributed by atoms with van der Waals surface area (Å²) < 4.78 is 74.5. The van der Waals surface area contributed by atoms with Crippen LogP contribution in [0.4, 0.5) is 26.3 Å². The topological polar surface area (TPSA) is 40.5 Å². The van der Waals surface area contributed by atoms with Crippen molar-refractivity contribution in [1.82, 2.24) is 4.90 Å². The lowest BCUT2D eigenvalue weighted by atomic mass is 9.81. The van der Waals surface area contributed by atoms with Crippen LogP contribution in [0.15, 0.2) is 0 Å². The van der Waals surface area contributed by atoms with Crippen LogP contribution in [0.1, 0.15) is 25.7 Å². The minimum absolute atomic E-state index is 0.0806. The molecule has 0 heterocycles. The Hall–Kier alpha value is -0.990. The molecule has 0 radical (unpaired) electrons. The quantitative estimate of drug-likeness (QED) is 0.809. The highest BCUT2D eigenvalue weighted by Crippen LogP contribution is 2.40. The number of carbonyl (C=O) groups excluding carboxylic acids is 1. The van der Waals surface area contributed by atoms with E-state index in [1.807, 2.05) is 0 Å². The fourth-order valence-corrected chi connectivity index (χ4v) is 2.53. The van der Waals surface area contributed by atoms with Gasteiger partial charge in [0.05, 0.1) is 12.5 Å². The van der Waals surface area contributed by atoms with Gasteiger partial charge in [-0.2, -0.15) is 26.3 Å². The zero-order valence-corrected chi connectivity index (χ0v) is 11.2. The van der Waals surface area contributed by atoms with E-state index >= 15 is 0 Å². The first kappa shape index (κ1) is 18.1. The molecular weight excluding hydrogens is 304 g/mol. The van der Waals surface area contributed by atoms with Crippen LogP contribution in [0.5, 0.6) is 0 Å². The Kier molecular flexibility index (Phi) is 5.89. The smallest absolute Gasteiger partial charge is 0.395 e. The highest BCUT2D eigenvalue weighted by atomic mass is 19.4. The largest absolute Gasteiger partial charge is 0.406 e. The number of alkyl halides is 6. The summed E-state index contributed by atoms with van der Waals surface area (Å²) in [6.07, 6.45) is -9.60. The van der Waals surface area contributed by atoms with Crippen LogP contribution in [0, 0.1) is 11.8 Å². The van der Waals surface area contributed by atoms with Crippen molar-refractivity contribution in [3.63, 3.8) is 0 Å². The number of rotatable bonds is 4. The molecule has 1 saturated carbocycles. The summed E-state index contributed by atoms with van der Waals surface area (Å²) in [6, 6.07) is 0. The summed E-state index contributed by atoms with van der Waals surface area (Å²) in [5, 5.41) is 8.72. The van der Waals surface area contributed by atoms with Crippen LogP contribution in [-0.2, 0) is 4.79 Å². The van der Waals surface area contributed by atoms with Crippen molar-refractivity contribution < 1.29 is 36.2 Å². The maximum absolute atomic E-state index is 12.5. The van der Waals surface area contributed by atoms with Crippen molar-refractivity contribution >= 4 is 5.91 Å². The number of nitrogens with zero attached hydrogens (tertiary/aromatic N) is 1. The molecule has 9 heteroatoms. The third-order valence-electron chi connectivity index (χ3n) is 3.59. The van der Waals surface area contributed by atoms with Crippen molar-refractivity contribution in [2.45, 2.75) is 38.0 Å². The van der Waals surface area contributed by atoms with E-state index < -0.39 is 49.8 Å². The average Bonchev–Trinajstić information content (AvgIpc) is 2.35. The lowest BCUT2D eigenvalue weighted by Crippen LogP contribution is -2.45. The predicted molar refractivity (Wildman–Crippen MR) is 61.2 cm³/mol. The Morgan fingerprint density at radius 2 is 1.57 bits per heavy atom. The molecule has 1 rings (SSSR count). The van der Waals surface area contributed by atoms with Gasteiger partial charge in [0.2, 0.25) is 5.91 Å². The minimum atomic E-state index is -4.60. The number of hydrogen-bond donors (Lipinski definition) is 1. The maximum Gasteiger partial charge on any atom is 0.406 e. The summed E-state index contributed by atoms with van der Waals surface area (Å²) in [7, 11) is 0. The number of carbonyl (C=O) groups is 1. The molecule has 21 heavy (non-hydrogen) atoms. The fourth-order valence-electron chi connectivity index (χ4n) is 2.53. The molecule has 0 aromatic heterocycles. The van der Waals surface area contributed by atoms with Gasteiger partial charge in [-0.1, -0.05) is 0 Å².